The third kappa shape index (κ3) is 4.22. The quantitative estimate of drug-likeness (QED) is 0.622. The van der Waals surface area contributed by atoms with Gasteiger partial charge in [-0.05, 0) is 24.0 Å². The van der Waals surface area contributed by atoms with E-state index < -0.39 is 21.9 Å². The number of anilines is 1. The Bertz CT molecular complexity index is 1140. The zero-order chi connectivity index (χ0) is 20.7. The number of aryl methyl sites for hydroxylation is 1. The minimum Gasteiger partial charge on any atom is -0.325 e. The summed E-state index contributed by atoms with van der Waals surface area (Å²) in [5.41, 5.74) is -0.143. The summed E-state index contributed by atoms with van der Waals surface area (Å²) in [6, 6.07) is 4.10. The van der Waals surface area contributed by atoms with Gasteiger partial charge in [0, 0.05) is 11.9 Å². The van der Waals surface area contributed by atoms with E-state index in [0.29, 0.717) is 17.0 Å². The van der Waals surface area contributed by atoms with Crippen LogP contribution in [0, 0.1) is 0 Å². The van der Waals surface area contributed by atoms with Gasteiger partial charge in [0.25, 0.3) is 0 Å². The molecule has 28 heavy (non-hydrogen) atoms. The van der Waals surface area contributed by atoms with Gasteiger partial charge in [0.15, 0.2) is 5.82 Å². The molecule has 0 fully saturated rings. The van der Waals surface area contributed by atoms with Crippen LogP contribution in [0.15, 0.2) is 29.3 Å². The minimum atomic E-state index is -4.58. The number of fused-ring (bicyclic) bond motifs is 1. The standard InChI is InChI=1S/C16H16F3N5O2S2/c1-4-27-11-5-6-13(23-28(3,25)26)22-14(11)15-21-9-7-12(16(17,18)19)20-8-10(9)24(15)2/h5-8H,4H2,1-3H3,(H,22,23). The normalized spacial score (nSPS) is 12.5. The highest BCUT2D eigenvalue weighted by Crippen LogP contribution is 2.34. The highest BCUT2D eigenvalue weighted by molar-refractivity contribution is 7.99. The van der Waals surface area contributed by atoms with E-state index in [-0.39, 0.29) is 11.3 Å². The number of hydrogen-bond acceptors (Lipinski definition) is 6. The lowest BCUT2D eigenvalue weighted by Gasteiger charge is -2.10. The Labute approximate surface area is 163 Å². The Morgan fingerprint density at radius 3 is 2.57 bits per heavy atom. The third-order valence-corrected chi connectivity index (χ3v) is 5.23. The van der Waals surface area contributed by atoms with Crippen molar-refractivity contribution in [3.63, 3.8) is 0 Å². The van der Waals surface area contributed by atoms with Crippen molar-refractivity contribution in [3.05, 3.63) is 30.1 Å². The van der Waals surface area contributed by atoms with Crippen molar-refractivity contribution in [2.75, 3.05) is 16.7 Å². The van der Waals surface area contributed by atoms with Gasteiger partial charge >= 0.3 is 6.18 Å². The Balaban J connectivity index is 2.19. The predicted octanol–water partition coefficient (Wildman–Crippen LogP) is 3.53. The molecule has 0 saturated carbocycles. The summed E-state index contributed by atoms with van der Waals surface area (Å²) in [7, 11) is -1.90. The minimum absolute atomic E-state index is 0.0964. The lowest BCUT2D eigenvalue weighted by atomic mass is 10.3. The number of sulfonamides is 1. The van der Waals surface area contributed by atoms with Crippen LogP contribution < -0.4 is 4.72 Å². The number of aromatic nitrogens is 4. The molecular formula is C16H16F3N5O2S2. The molecule has 0 saturated heterocycles. The van der Waals surface area contributed by atoms with E-state index in [1.807, 2.05) is 6.92 Å². The summed E-state index contributed by atoms with van der Waals surface area (Å²) in [6.07, 6.45) is -2.46. The molecule has 0 radical (unpaired) electrons. The first-order valence-corrected chi connectivity index (χ1v) is 10.9. The molecule has 150 valence electrons. The predicted molar refractivity (Wildman–Crippen MR) is 102 cm³/mol. The number of halogens is 3. The van der Waals surface area contributed by atoms with Crippen LogP contribution >= 0.6 is 11.8 Å². The van der Waals surface area contributed by atoms with Crippen LogP contribution in [0.1, 0.15) is 12.6 Å². The molecule has 0 atom stereocenters. The molecule has 7 nitrogen and oxygen atoms in total. The fraction of sp³-hybridized carbons (Fsp3) is 0.312. The van der Waals surface area contributed by atoms with Gasteiger partial charge in [0.1, 0.15) is 17.2 Å². The van der Waals surface area contributed by atoms with Crippen LogP contribution in [0.25, 0.3) is 22.6 Å². The van der Waals surface area contributed by atoms with Gasteiger partial charge in [0.2, 0.25) is 10.0 Å². The summed E-state index contributed by atoms with van der Waals surface area (Å²) >= 11 is 1.46. The van der Waals surface area contributed by atoms with Gasteiger partial charge in [-0.25, -0.2) is 23.4 Å². The molecular weight excluding hydrogens is 415 g/mol. The second-order valence-electron chi connectivity index (χ2n) is 5.90. The molecule has 0 unspecified atom stereocenters. The van der Waals surface area contributed by atoms with Gasteiger partial charge in [-0.1, -0.05) is 6.92 Å². The van der Waals surface area contributed by atoms with Crippen molar-refractivity contribution >= 4 is 38.6 Å². The average molecular weight is 431 g/mol. The SMILES string of the molecule is CCSc1ccc(NS(C)(=O)=O)nc1-c1nc2cc(C(F)(F)F)ncc2n1C. The van der Waals surface area contributed by atoms with E-state index in [1.165, 1.54) is 17.8 Å². The lowest BCUT2D eigenvalue weighted by molar-refractivity contribution is -0.141. The molecule has 0 bridgehead atoms. The number of thioether (sulfide) groups is 1. The van der Waals surface area contributed by atoms with Crippen molar-refractivity contribution < 1.29 is 21.6 Å². The zero-order valence-electron chi connectivity index (χ0n) is 15.1. The maximum Gasteiger partial charge on any atom is 0.433 e. The van der Waals surface area contributed by atoms with E-state index >= 15 is 0 Å². The first kappa shape index (κ1) is 20.4. The van der Waals surface area contributed by atoms with E-state index in [0.717, 1.165) is 29.2 Å². The molecule has 3 aromatic rings. The van der Waals surface area contributed by atoms with Crippen LogP contribution in [0.3, 0.4) is 0 Å². The number of pyridine rings is 2. The third-order valence-electron chi connectivity index (χ3n) is 3.72. The lowest BCUT2D eigenvalue weighted by Crippen LogP contribution is -2.11. The van der Waals surface area contributed by atoms with E-state index in [9.17, 15) is 21.6 Å². The molecule has 3 heterocycles. The largest absolute Gasteiger partial charge is 0.433 e. The molecule has 0 amide bonds. The number of rotatable bonds is 5. The molecule has 0 aromatic carbocycles. The molecule has 1 N–H and O–H groups in total. The van der Waals surface area contributed by atoms with Crippen molar-refractivity contribution in [3.8, 4) is 11.5 Å². The molecule has 0 aliphatic heterocycles. The number of nitrogens with zero attached hydrogens (tertiary/aromatic N) is 4. The summed E-state index contributed by atoms with van der Waals surface area (Å²) in [4.78, 5) is 12.8. The highest BCUT2D eigenvalue weighted by Gasteiger charge is 2.33. The molecule has 3 rings (SSSR count). The van der Waals surface area contributed by atoms with Crippen LogP contribution in [0.2, 0.25) is 0 Å². The van der Waals surface area contributed by atoms with Gasteiger partial charge in [-0.2, -0.15) is 13.2 Å². The fourth-order valence-electron chi connectivity index (χ4n) is 2.58. The number of nitrogens with one attached hydrogen (secondary N) is 1. The van der Waals surface area contributed by atoms with E-state index in [4.69, 9.17) is 0 Å². The summed E-state index contributed by atoms with van der Waals surface area (Å²) in [5, 5.41) is 0. The first-order valence-electron chi connectivity index (χ1n) is 8.01. The Kier molecular flexibility index (Phi) is 5.28. The van der Waals surface area contributed by atoms with Crippen LogP contribution in [-0.2, 0) is 23.2 Å². The van der Waals surface area contributed by atoms with Crippen LogP contribution in [-0.4, -0.2) is 39.9 Å². The van der Waals surface area contributed by atoms with E-state index in [2.05, 4.69) is 19.7 Å². The summed E-state index contributed by atoms with van der Waals surface area (Å²) in [5.74, 6) is 1.13. The van der Waals surface area contributed by atoms with Crippen LogP contribution in [0.4, 0.5) is 19.0 Å². The average Bonchev–Trinajstić information content (AvgIpc) is 2.90. The van der Waals surface area contributed by atoms with Crippen molar-refractivity contribution in [1.29, 1.82) is 0 Å². The van der Waals surface area contributed by atoms with Gasteiger partial charge in [0.05, 0.1) is 23.5 Å². The molecule has 0 aliphatic carbocycles. The van der Waals surface area contributed by atoms with Crippen molar-refractivity contribution in [1.82, 2.24) is 19.5 Å². The first-order chi connectivity index (χ1) is 13.0. The number of hydrogen-bond donors (Lipinski definition) is 1. The maximum atomic E-state index is 12.9. The number of imidazole rings is 1. The Hall–Kier alpha value is -2.34. The van der Waals surface area contributed by atoms with E-state index in [1.54, 1.807) is 17.7 Å². The summed E-state index contributed by atoms with van der Waals surface area (Å²) in [6.45, 7) is 1.94. The number of alkyl halides is 3. The molecule has 0 aliphatic rings. The summed E-state index contributed by atoms with van der Waals surface area (Å²) < 4.78 is 65.7. The topological polar surface area (TPSA) is 89.8 Å². The van der Waals surface area contributed by atoms with Crippen molar-refractivity contribution in [2.24, 2.45) is 7.05 Å². The van der Waals surface area contributed by atoms with Crippen LogP contribution in [0.5, 0.6) is 0 Å². The Morgan fingerprint density at radius 2 is 1.96 bits per heavy atom. The van der Waals surface area contributed by atoms with Crippen molar-refractivity contribution in [2.45, 2.75) is 18.0 Å². The fourth-order valence-corrected chi connectivity index (χ4v) is 3.82. The van der Waals surface area contributed by atoms with Gasteiger partial charge in [-0.3, -0.25) is 4.72 Å². The Morgan fingerprint density at radius 1 is 1.25 bits per heavy atom. The second-order valence-corrected chi connectivity index (χ2v) is 8.96. The molecule has 12 heteroatoms. The monoisotopic (exact) mass is 431 g/mol. The maximum absolute atomic E-state index is 12.9. The molecule has 3 aromatic heterocycles. The second kappa shape index (κ2) is 7.24. The smallest absolute Gasteiger partial charge is 0.325 e. The van der Waals surface area contributed by atoms with Gasteiger partial charge < -0.3 is 4.57 Å². The van der Waals surface area contributed by atoms with Gasteiger partial charge in [-0.15, -0.1) is 11.8 Å². The highest BCUT2D eigenvalue weighted by atomic mass is 32.2. The zero-order valence-corrected chi connectivity index (χ0v) is 16.7. The molecule has 0 spiro atoms.